The molecule has 1 aliphatic heterocycles. The molecule has 3 heteroatoms. The molecule has 0 bridgehead atoms. The van der Waals surface area contributed by atoms with Gasteiger partial charge in [-0.1, -0.05) is 6.92 Å². The molecule has 76 valence electrons. The lowest BCUT2D eigenvalue weighted by molar-refractivity contribution is -0.135. The monoisotopic (exact) mass is 184 g/mol. The highest BCUT2D eigenvalue weighted by Gasteiger charge is 2.20. The molecular formula is C10H20N2O. The molecule has 1 N–H and O–H groups in total. The van der Waals surface area contributed by atoms with Crippen LogP contribution in [0.1, 0.15) is 26.2 Å². The minimum atomic E-state index is 0.128. The second-order valence-corrected chi connectivity index (χ2v) is 3.84. The van der Waals surface area contributed by atoms with E-state index in [-0.39, 0.29) is 5.92 Å². The maximum absolute atomic E-state index is 11.8. The van der Waals surface area contributed by atoms with Gasteiger partial charge in [0.25, 0.3) is 0 Å². The minimum absolute atomic E-state index is 0.128. The third-order valence-corrected chi connectivity index (χ3v) is 2.60. The highest BCUT2D eigenvalue weighted by molar-refractivity contribution is 5.78. The summed E-state index contributed by atoms with van der Waals surface area (Å²) >= 11 is 0. The van der Waals surface area contributed by atoms with Crippen LogP contribution in [0, 0.1) is 5.92 Å². The Morgan fingerprint density at radius 1 is 1.38 bits per heavy atom. The summed E-state index contributed by atoms with van der Waals surface area (Å²) < 4.78 is 0. The van der Waals surface area contributed by atoms with E-state index in [2.05, 4.69) is 5.32 Å². The molecule has 0 aliphatic carbocycles. The van der Waals surface area contributed by atoms with Crippen molar-refractivity contribution in [2.24, 2.45) is 5.92 Å². The van der Waals surface area contributed by atoms with E-state index in [1.54, 1.807) is 0 Å². The van der Waals surface area contributed by atoms with Crippen LogP contribution in [0.2, 0.25) is 0 Å². The molecule has 1 unspecified atom stereocenters. The first kappa shape index (κ1) is 10.5. The molecule has 0 aromatic rings. The number of hydrogen-bond donors (Lipinski definition) is 1. The summed E-state index contributed by atoms with van der Waals surface area (Å²) in [5, 5.41) is 3.04. The first-order valence-electron chi connectivity index (χ1n) is 5.19. The van der Waals surface area contributed by atoms with Crippen LogP contribution in [0.25, 0.3) is 0 Å². The molecule has 0 radical (unpaired) electrons. The number of piperidine rings is 1. The molecular weight excluding hydrogens is 164 g/mol. The highest BCUT2D eigenvalue weighted by Crippen LogP contribution is 2.11. The lowest BCUT2D eigenvalue weighted by Gasteiger charge is -2.29. The minimum Gasteiger partial charge on any atom is -0.342 e. The number of nitrogens with one attached hydrogen (secondary N) is 1. The summed E-state index contributed by atoms with van der Waals surface area (Å²) in [6.45, 7) is 4.71. The number of carbonyl (C=O) groups excluding carboxylic acids is 1. The van der Waals surface area contributed by atoms with Crippen LogP contribution in [0.15, 0.2) is 0 Å². The molecule has 0 aromatic carbocycles. The predicted octanol–water partition coefficient (Wildman–Crippen LogP) is 0.854. The van der Waals surface area contributed by atoms with Crippen molar-refractivity contribution < 1.29 is 4.79 Å². The van der Waals surface area contributed by atoms with Crippen molar-refractivity contribution in [3.05, 3.63) is 0 Å². The van der Waals surface area contributed by atoms with E-state index < -0.39 is 0 Å². The van der Waals surface area contributed by atoms with Crippen molar-refractivity contribution >= 4 is 5.91 Å². The van der Waals surface area contributed by atoms with E-state index in [0.29, 0.717) is 5.91 Å². The lowest BCUT2D eigenvalue weighted by Crippen LogP contribution is -2.41. The van der Waals surface area contributed by atoms with E-state index in [4.69, 9.17) is 0 Å². The van der Waals surface area contributed by atoms with Gasteiger partial charge in [-0.25, -0.2) is 0 Å². The van der Waals surface area contributed by atoms with Gasteiger partial charge in [-0.05, 0) is 26.3 Å². The lowest BCUT2D eigenvalue weighted by atomic mass is 10.1. The maximum Gasteiger partial charge on any atom is 0.226 e. The van der Waals surface area contributed by atoms with E-state index in [1.165, 1.54) is 19.3 Å². The molecule has 1 aliphatic rings. The zero-order valence-corrected chi connectivity index (χ0v) is 8.68. The van der Waals surface area contributed by atoms with Gasteiger partial charge in [0.2, 0.25) is 5.91 Å². The van der Waals surface area contributed by atoms with E-state index in [1.807, 2.05) is 18.9 Å². The summed E-state index contributed by atoms with van der Waals surface area (Å²) in [7, 11) is 1.89. The highest BCUT2D eigenvalue weighted by atomic mass is 16.2. The predicted molar refractivity (Wildman–Crippen MR) is 53.5 cm³/mol. The normalized spacial score (nSPS) is 20.0. The first-order valence-corrected chi connectivity index (χ1v) is 5.19. The van der Waals surface area contributed by atoms with Gasteiger partial charge in [0.15, 0.2) is 0 Å². The van der Waals surface area contributed by atoms with E-state index >= 15 is 0 Å². The quantitative estimate of drug-likeness (QED) is 0.705. The van der Waals surface area contributed by atoms with Gasteiger partial charge in [0.05, 0.1) is 0 Å². The Bertz CT molecular complexity index is 164. The summed E-state index contributed by atoms with van der Waals surface area (Å²) in [4.78, 5) is 13.8. The average molecular weight is 184 g/mol. The van der Waals surface area contributed by atoms with Crippen molar-refractivity contribution in [1.29, 1.82) is 0 Å². The van der Waals surface area contributed by atoms with Crippen LogP contribution < -0.4 is 5.32 Å². The molecule has 0 aromatic heterocycles. The SMILES string of the molecule is CNCC(C)C(=O)N1CCCCC1. The third-order valence-electron chi connectivity index (χ3n) is 2.60. The summed E-state index contributed by atoms with van der Waals surface area (Å²) in [5.74, 6) is 0.442. The fourth-order valence-corrected chi connectivity index (χ4v) is 1.82. The van der Waals surface area contributed by atoms with Gasteiger partial charge >= 0.3 is 0 Å². The molecule has 0 saturated carbocycles. The van der Waals surface area contributed by atoms with Crippen molar-refractivity contribution in [2.45, 2.75) is 26.2 Å². The number of hydrogen-bond acceptors (Lipinski definition) is 2. The maximum atomic E-state index is 11.8. The number of likely N-dealkylation sites (tertiary alicyclic amines) is 1. The third kappa shape index (κ3) is 2.99. The van der Waals surface area contributed by atoms with Crippen LogP contribution in [0.3, 0.4) is 0 Å². The fourth-order valence-electron chi connectivity index (χ4n) is 1.82. The number of amides is 1. The average Bonchev–Trinajstić information content (AvgIpc) is 2.18. The Morgan fingerprint density at radius 2 is 2.00 bits per heavy atom. The number of carbonyl (C=O) groups is 1. The molecule has 1 fully saturated rings. The Morgan fingerprint density at radius 3 is 2.54 bits per heavy atom. The molecule has 1 saturated heterocycles. The van der Waals surface area contributed by atoms with Gasteiger partial charge in [0, 0.05) is 25.6 Å². The van der Waals surface area contributed by atoms with Gasteiger partial charge < -0.3 is 10.2 Å². The van der Waals surface area contributed by atoms with Gasteiger partial charge in [-0.3, -0.25) is 4.79 Å². The van der Waals surface area contributed by atoms with Crippen molar-refractivity contribution in [3.8, 4) is 0 Å². The molecule has 1 heterocycles. The summed E-state index contributed by atoms with van der Waals surface area (Å²) in [6, 6.07) is 0. The number of rotatable bonds is 3. The molecule has 3 nitrogen and oxygen atoms in total. The van der Waals surface area contributed by atoms with Gasteiger partial charge in [0.1, 0.15) is 0 Å². The smallest absolute Gasteiger partial charge is 0.226 e. The Labute approximate surface area is 80.5 Å². The van der Waals surface area contributed by atoms with Crippen molar-refractivity contribution in [2.75, 3.05) is 26.7 Å². The van der Waals surface area contributed by atoms with E-state index in [9.17, 15) is 4.79 Å². The van der Waals surface area contributed by atoms with Crippen LogP contribution in [-0.2, 0) is 4.79 Å². The van der Waals surface area contributed by atoms with Crippen molar-refractivity contribution in [1.82, 2.24) is 10.2 Å². The molecule has 1 amide bonds. The molecule has 13 heavy (non-hydrogen) atoms. The number of nitrogens with zero attached hydrogens (tertiary/aromatic N) is 1. The van der Waals surface area contributed by atoms with Crippen molar-refractivity contribution in [3.63, 3.8) is 0 Å². The second kappa shape index (κ2) is 5.22. The largest absolute Gasteiger partial charge is 0.342 e. The zero-order chi connectivity index (χ0) is 9.68. The Hall–Kier alpha value is -0.570. The van der Waals surface area contributed by atoms with Gasteiger partial charge in [-0.15, -0.1) is 0 Å². The van der Waals surface area contributed by atoms with Crippen LogP contribution in [0.4, 0.5) is 0 Å². The molecule has 1 rings (SSSR count). The van der Waals surface area contributed by atoms with E-state index in [0.717, 1.165) is 19.6 Å². The Balaban J connectivity index is 2.36. The zero-order valence-electron chi connectivity index (χ0n) is 8.68. The molecule has 1 atom stereocenters. The summed E-state index contributed by atoms with van der Waals surface area (Å²) in [6.07, 6.45) is 3.64. The first-order chi connectivity index (χ1) is 6.25. The standard InChI is InChI=1S/C10H20N2O/c1-9(8-11-2)10(13)12-6-4-3-5-7-12/h9,11H,3-8H2,1-2H3. The second-order valence-electron chi connectivity index (χ2n) is 3.84. The van der Waals surface area contributed by atoms with Crippen LogP contribution in [-0.4, -0.2) is 37.5 Å². The Kier molecular flexibility index (Phi) is 4.22. The summed E-state index contributed by atoms with van der Waals surface area (Å²) in [5.41, 5.74) is 0. The van der Waals surface area contributed by atoms with Crippen LogP contribution >= 0.6 is 0 Å². The molecule has 0 spiro atoms. The van der Waals surface area contributed by atoms with Gasteiger partial charge in [-0.2, -0.15) is 0 Å². The topological polar surface area (TPSA) is 32.3 Å². The fraction of sp³-hybridized carbons (Fsp3) is 0.900. The van der Waals surface area contributed by atoms with Crippen LogP contribution in [0.5, 0.6) is 0 Å².